The average molecular weight is 416 g/mol. The second kappa shape index (κ2) is 7.78. The maximum Gasteiger partial charge on any atom is 0.131 e. The molecule has 0 radical (unpaired) electrons. The van der Waals surface area contributed by atoms with Gasteiger partial charge in [-0.05, 0) is 75.8 Å². The molecule has 3 heteroatoms. The summed E-state index contributed by atoms with van der Waals surface area (Å²) in [4.78, 5) is 0. The van der Waals surface area contributed by atoms with Gasteiger partial charge >= 0.3 is 0 Å². The Kier molecular flexibility index (Phi) is 5.08. The first kappa shape index (κ1) is 20.2. The van der Waals surface area contributed by atoms with Gasteiger partial charge in [0.05, 0.1) is 18.2 Å². The number of hydrogen-bond acceptors (Lipinski definition) is 3. The molecule has 0 saturated heterocycles. The molecule has 0 bridgehead atoms. The van der Waals surface area contributed by atoms with E-state index in [4.69, 9.17) is 9.47 Å². The fourth-order valence-corrected chi connectivity index (χ4v) is 5.68. The van der Waals surface area contributed by atoms with Crippen molar-refractivity contribution in [3.8, 4) is 22.6 Å². The largest absolute Gasteiger partial charge is 0.496 e. The molecule has 3 nitrogen and oxygen atoms in total. The van der Waals surface area contributed by atoms with E-state index in [1.807, 2.05) is 12.1 Å². The highest BCUT2D eigenvalue weighted by Crippen LogP contribution is 2.54. The number of hydrogen-bond donors (Lipinski definition) is 1. The second-order valence-electron chi connectivity index (χ2n) is 9.75. The average Bonchev–Trinajstić information content (AvgIpc) is 2.71. The van der Waals surface area contributed by atoms with Crippen LogP contribution in [0.3, 0.4) is 0 Å². The normalized spacial score (nSPS) is 23.7. The van der Waals surface area contributed by atoms with Crippen molar-refractivity contribution in [2.24, 2.45) is 5.92 Å². The fourth-order valence-electron chi connectivity index (χ4n) is 5.68. The van der Waals surface area contributed by atoms with Crippen molar-refractivity contribution in [3.63, 3.8) is 0 Å². The fraction of sp³-hybridized carbons (Fsp3) is 0.429. The van der Waals surface area contributed by atoms with Gasteiger partial charge in [-0.1, -0.05) is 36.8 Å². The van der Waals surface area contributed by atoms with Gasteiger partial charge in [-0.2, -0.15) is 0 Å². The lowest BCUT2D eigenvalue weighted by Crippen LogP contribution is -2.33. The van der Waals surface area contributed by atoms with Crippen LogP contribution in [0.15, 0.2) is 48.6 Å². The number of allylic oxidation sites excluding steroid dienone is 3. The van der Waals surface area contributed by atoms with Crippen LogP contribution in [0.5, 0.6) is 11.5 Å². The summed E-state index contributed by atoms with van der Waals surface area (Å²) in [5.41, 5.74) is 7.44. The minimum absolute atomic E-state index is 0.0404. The van der Waals surface area contributed by atoms with Crippen molar-refractivity contribution in [1.82, 2.24) is 0 Å². The standard InChI is InChI=1S/C28H33NO2/c1-18-17-28(2,3)29-21-16-15-20-25-22(30-4)13-10-14-23(25)31-27(26(20)24(18)21)19-11-8-6-5-7-9-12-19/h6,8,10,13-17,19,27,29H,5,7,9,11-12H2,1-4H3. The summed E-state index contributed by atoms with van der Waals surface area (Å²) >= 11 is 0. The Hall–Kier alpha value is -2.68. The van der Waals surface area contributed by atoms with E-state index >= 15 is 0 Å². The first-order valence-electron chi connectivity index (χ1n) is 11.6. The van der Waals surface area contributed by atoms with Crippen molar-refractivity contribution in [3.05, 3.63) is 59.7 Å². The van der Waals surface area contributed by atoms with Crippen molar-refractivity contribution in [2.45, 2.75) is 64.5 Å². The quantitative estimate of drug-likeness (QED) is 0.514. The van der Waals surface area contributed by atoms with Gasteiger partial charge in [0.1, 0.15) is 17.6 Å². The van der Waals surface area contributed by atoms with Crippen molar-refractivity contribution in [2.75, 3.05) is 12.4 Å². The summed E-state index contributed by atoms with van der Waals surface area (Å²) in [6.07, 6.45) is 13.1. The van der Waals surface area contributed by atoms with Crippen LogP contribution in [-0.2, 0) is 0 Å². The Labute approximate surface area is 186 Å². The Morgan fingerprint density at radius 2 is 1.94 bits per heavy atom. The van der Waals surface area contributed by atoms with Gasteiger partial charge in [0.15, 0.2) is 0 Å². The lowest BCUT2D eigenvalue weighted by molar-refractivity contribution is 0.123. The molecule has 5 rings (SSSR count). The molecule has 2 atom stereocenters. The molecule has 3 aliphatic rings. The summed E-state index contributed by atoms with van der Waals surface area (Å²) in [6.45, 7) is 6.70. The third kappa shape index (κ3) is 3.54. The first-order valence-corrected chi connectivity index (χ1v) is 11.6. The number of ether oxygens (including phenoxy) is 2. The van der Waals surface area contributed by atoms with E-state index in [0.717, 1.165) is 23.5 Å². The molecule has 2 aromatic rings. The smallest absolute Gasteiger partial charge is 0.131 e. The molecule has 2 heterocycles. The van der Waals surface area contributed by atoms with Crippen LogP contribution in [0, 0.1) is 5.92 Å². The Balaban J connectivity index is 1.74. The molecule has 0 spiro atoms. The molecular formula is C28H33NO2. The molecule has 2 unspecified atom stereocenters. The molecule has 0 amide bonds. The molecule has 1 N–H and O–H groups in total. The van der Waals surface area contributed by atoms with Gasteiger partial charge in [0, 0.05) is 22.7 Å². The van der Waals surface area contributed by atoms with E-state index in [0.29, 0.717) is 5.92 Å². The highest BCUT2D eigenvalue weighted by atomic mass is 16.5. The van der Waals surface area contributed by atoms with Crippen LogP contribution >= 0.6 is 0 Å². The number of fused-ring (bicyclic) bond motifs is 5. The molecule has 0 saturated carbocycles. The lowest BCUT2D eigenvalue weighted by Gasteiger charge is -2.39. The topological polar surface area (TPSA) is 30.5 Å². The monoisotopic (exact) mass is 415 g/mol. The number of rotatable bonds is 2. The van der Waals surface area contributed by atoms with E-state index < -0.39 is 0 Å². The number of nitrogens with one attached hydrogen (secondary N) is 1. The molecular weight excluding hydrogens is 382 g/mol. The zero-order valence-corrected chi connectivity index (χ0v) is 19.1. The van der Waals surface area contributed by atoms with Gasteiger partial charge in [0.25, 0.3) is 0 Å². The van der Waals surface area contributed by atoms with E-state index in [9.17, 15) is 0 Å². The van der Waals surface area contributed by atoms with E-state index in [-0.39, 0.29) is 11.6 Å². The Bertz CT molecular complexity index is 1060. The zero-order valence-electron chi connectivity index (χ0n) is 19.1. The van der Waals surface area contributed by atoms with Crippen molar-refractivity contribution < 1.29 is 9.47 Å². The molecule has 0 aromatic heterocycles. The summed E-state index contributed by atoms with van der Waals surface area (Å²) in [6, 6.07) is 10.7. The minimum atomic E-state index is -0.0606. The van der Waals surface area contributed by atoms with Crippen LogP contribution in [0.4, 0.5) is 5.69 Å². The summed E-state index contributed by atoms with van der Waals surface area (Å²) in [7, 11) is 1.74. The van der Waals surface area contributed by atoms with Crippen molar-refractivity contribution >= 4 is 11.3 Å². The van der Waals surface area contributed by atoms with Gasteiger partial charge in [-0.25, -0.2) is 0 Å². The van der Waals surface area contributed by atoms with Crippen LogP contribution < -0.4 is 14.8 Å². The lowest BCUT2D eigenvalue weighted by atomic mass is 9.77. The van der Waals surface area contributed by atoms with Gasteiger partial charge in [-0.15, -0.1) is 0 Å². The third-order valence-corrected chi connectivity index (χ3v) is 6.92. The van der Waals surface area contributed by atoms with Crippen LogP contribution in [0.2, 0.25) is 0 Å². The van der Waals surface area contributed by atoms with E-state index in [2.05, 4.69) is 62.5 Å². The second-order valence-corrected chi connectivity index (χ2v) is 9.75. The molecule has 162 valence electrons. The van der Waals surface area contributed by atoms with Crippen molar-refractivity contribution in [1.29, 1.82) is 0 Å². The maximum absolute atomic E-state index is 6.83. The molecule has 1 aliphatic carbocycles. The van der Waals surface area contributed by atoms with Crippen LogP contribution in [-0.4, -0.2) is 12.6 Å². The number of methoxy groups -OCH3 is 1. The SMILES string of the molecule is COc1cccc2c1-c1ccc3c(c1C(C1CC=CCCCC1)O2)C(C)=CC(C)(C)N3. The van der Waals surface area contributed by atoms with Gasteiger partial charge < -0.3 is 14.8 Å². The number of anilines is 1. The maximum atomic E-state index is 6.83. The van der Waals surface area contributed by atoms with E-state index in [1.165, 1.54) is 53.6 Å². The highest BCUT2D eigenvalue weighted by molar-refractivity contribution is 5.91. The minimum Gasteiger partial charge on any atom is -0.496 e. The predicted molar refractivity (Wildman–Crippen MR) is 129 cm³/mol. The number of benzene rings is 2. The Morgan fingerprint density at radius 1 is 1.06 bits per heavy atom. The summed E-state index contributed by atoms with van der Waals surface area (Å²) in [5.74, 6) is 2.28. The molecule has 0 fully saturated rings. The zero-order chi connectivity index (χ0) is 21.6. The van der Waals surface area contributed by atoms with Crippen LogP contribution in [0.1, 0.15) is 70.1 Å². The van der Waals surface area contributed by atoms with E-state index in [1.54, 1.807) is 7.11 Å². The predicted octanol–water partition coefficient (Wildman–Crippen LogP) is 7.54. The van der Waals surface area contributed by atoms with Gasteiger partial charge in [-0.3, -0.25) is 0 Å². The van der Waals surface area contributed by atoms with Crippen LogP contribution in [0.25, 0.3) is 16.7 Å². The first-order chi connectivity index (χ1) is 15.0. The Morgan fingerprint density at radius 3 is 2.77 bits per heavy atom. The summed E-state index contributed by atoms with van der Waals surface area (Å²) < 4.78 is 12.6. The van der Waals surface area contributed by atoms with Gasteiger partial charge in [0.2, 0.25) is 0 Å². The highest BCUT2D eigenvalue weighted by Gasteiger charge is 2.38. The molecule has 2 aromatic carbocycles. The molecule has 31 heavy (non-hydrogen) atoms. The molecule has 2 aliphatic heterocycles. The summed E-state index contributed by atoms with van der Waals surface area (Å²) in [5, 5.41) is 3.74. The third-order valence-electron chi connectivity index (χ3n) is 6.92.